The summed E-state index contributed by atoms with van der Waals surface area (Å²) in [4.78, 5) is 0. The van der Waals surface area contributed by atoms with E-state index in [9.17, 15) is 0 Å². The lowest BCUT2D eigenvalue weighted by atomic mass is 9.90. The molecule has 0 aliphatic rings. The van der Waals surface area contributed by atoms with Crippen molar-refractivity contribution < 1.29 is 4.42 Å². The largest absolute Gasteiger partial charge is 0.369 e. The third-order valence-electron chi connectivity index (χ3n) is 5.50. The van der Waals surface area contributed by atoms with E-state index in [1.807, 2.05) is 30.3 Å². The highest BCUT2D eigenvalue weighted by atomic mass is 16.3. The molecule has 4 aromatic carbocycles. The lowest BCUT2D eigenvalue weighted by Gasteiger charge is -2.11. The highest BCUT2D eigenvalue weighted by Gasteiger charge is 2.28. The summed E-state index contributed by atoms with van der Waals surface area (Å²) in [5.41, 5.74) is 7.96. The van der Waals surface area contributed by atoms with Crippen molar-refractivity contribution in [1.29, 1.82) is 0 Å². The van der Waals surface area contributed by atoms with Crippen molar-refractivity contribution in [3.63, 3.8) is 0 Å². The molecule has 0 saturated carbocycles. The Morgan fingerprint density at radius 1 is 0.484 bits per heavy atom. The van der Waals surface area contributed by atoms with Gasteiger partial charge < -0.3 is 0 Å². The van der Waals surface area contributed by atoms with Gasteiger partial charge >= 0.3 is 11.5 Å². The minimum atomic E-state index is 0.856. The van der Waals surface area contributed by atoms with Gasteiger partial charge in [0.05, 0.1) is 22.8 Å². The minimum absolute atomic E-state index is 0.856. The molecular weight excluding hydrogens is 376 g/mol. The molecule has 0 saturated heterocycles. The molecular formula is C30H23O+. The van der Waals surface area contributed by atoms with Gasteiger partial charge in [-0.05, 0) is 42.3 Å². The zero-order valence-corrected chi connectivity index (χ0v) is 17.5. The topological polar surface area (TPSA) is 11.3 Å². The van der Waals surface area contributed by atoms with Crippen LogP contribution in [0.4, 0.5) is 0 Å². The molecule has 0 aliphatic heterocycles. The van der Waals surface area contributed by atoms with Crippen molar-refractivity contribution >= 4 is 0 Å². The van der Waals surface area contributed by atoms with Crippen LogP contribution < -0.4 is 0 Å². The maximum atomic E-state index is 6.62. The summed E-state index contributed by atoms with van der Waals surface area (Å²) < 4.78 is 6.62. The van der Waals surface area contributed by atoms with Crippen LogP contribution in [0.15, 0.2) is 126 Å². The Balaban J connectivity index is 1.87. The molecule has 0 bridgehead atoms. The number of rotatable bonds is 4. The summed E-state index contributed by atoms with van der Waals surface area (Å²) in [5.74, 6) is 1.73. The molecule has 1 heteroatoms. The van der Waals surface area contributed by atoms with Gasteiger partial charge in [-0.1, -0.05) is 96.6 Å². The van der Waals surface area contributed by atoms with Crippen LogP contribution in [0.2, 0.25) is 0 Å². The number of aryl methyl sites for hydroxylation is 1. The molecule has 1 aromatic heterocycles. The lowest BCUT2D eigenvalue weighted by Crippen LogP contribution is -1.93. The second-order valence-corrected chi connectivity index (χ2v) is 7.69. The van der Waals surface area contributed by atoms with E-state index < -0.39 is 0 Å². The summed E-state index contributed by atoms with van der Waals surface area (Å²) in [6.07, 6.45) is 0. The van der Waals surface area contributed by atoms with Gasteiger partial charge in [0.2, 0.25) is 0 Å². The molecule has 5 aromatic rings. The highest BCUT2D eigenvalue weighted by molar-refractivity contribution is 5.93. The molecule has 0 radical (unpaired) electrons. The Kier molecular flexibility index (Phi) is 5.16. The van der Waals surface area contributed by atoms with Crippen LogP contribution in [0, 0.1) is 6.92 Å². The van der Waals surface area contributed by atoms with Gasteiger partial charge in [-0.2, -0.15) is 0 Å². The Morgan fingerprint density at radius 3 is 1.58 bits per heavy atom. The fraction of sp³-hybridized carbons (Fsp3) is 0.0333. The van der Waals surface area contributed by atoms with E-state index in [0.29, 0.717) is 0 Å². The minimum Gasteiger partial charge on any atom is -0.206 e. The van der Waals surface area contributed by atoms with Crippen molar-refractivity contribution in [2.75, 3.05) is 0 Å². The third kappa shape index (κ3) is 3.91. The van der Waals surface area contributed by atoms with E-state index in [-0.39, 0.29) is 0 Å². The fourth-order valence-corrected chi connectivity index (χ4v) is 3.91. The molecule has 148 valence electrons. The smallest absolute Gasteiger partial charge is 0.206 e. The number of hydrogen-bond acceptors (Lipinski definition) is 0. The Hall–Kier alpha value is -3.97. The van der Waals surface area contributed by atoms with Gasteiger partial charge in [-0.3, -0.25) is 0 Å². The second-order valence-electron chi connectivity index (χ2n) is 7.69. The molecule has 1 nitrogen and oxygen atoms in total. The Labute approximate surface area is 183 Å². The predicted molar refractivity (Wildman–Crippen MR) is 130 cm³/mol. The molecule has 0 N–H and O–H groups in total. The predicted octanol–water partition coefficient (Wildman–Crippen LogP) is 8.54. The average Bonchev–Trinajstić information content (AvgIpc) is 2.85. The van der Waals surface area contributed by atoms with Crippen molar-refractivity contribution in [1.82, 2.24) is 0 Å². The quantitative estimate of drug-likeness (QED) is 0.276. The number of hydrogen-bond donors (Lipinski definition) is 0. The summed E-state index contributed by atoms with van der Waals surface area (Å²) >= 11 is 0. The van der Waals surface area contributed by atoms with Gasteiger partial charge in [-0.15, -0.1) is 0 Å². The highest BCUT2D eigenvalue weighted by Crippen LogP contribution is 2.43. The van der Waals surface area contributed by atoms with E-state index in [4.69, 9.17) is 4.42 Å². The monoisotopic (exact) mass is 399 g/mol. The summed E-state index contributed by atoms with van der Waals surface area (Å²) in [6.45, 7) is 2.12. The van der Waals surface area contributed by atoms with E-state index >= 15 is 0 Å². The van der Waals surface area contributed by atoms with Gasteiger partial charge in [0.1, 0.15) is 0 Å². The average molecular weight is 400 g/mol. The van der Waals surface area contributed by atoms with Crippen LogP contribution in [0.25, 0.3) is 44.9 Å². The molecule has 0 fully saturated rings. The zero-order valence-electron chi connectivity index (χ0n) is 17.5. The Bertz CT molecular complexity index is 1290. The second kappa shape index (κ2) is 8.41. The standard InChI is InChI=1S/C30H23O/c1-22-17-19-23(20-18-22)27-21-28(24-11-5-2-6-12-24)31-30(26-15-9-4-10-16-26)29(27)25-13-7-3-8-14-25/h2-21H,1H3/q+1. The molecule has 5 rings (SSSR count). The fourth-order valence-electron chi connectivity index (χ4n) is 3.91. The first-order chi connectivity index (χ1) is 15.3. The van der Waals surface area contributed by atoms with Crippen LogP contribution >= 0.6 is 0 Å². The molecule has 31 heavy (non-hydrogen) atoms. The first-order valence-corrected chi connectivity index (χ1v) is 10.5. The van der Waals surface area contributed by atoms with Gasteiger partial charge in [-0.25, -0.2) is 4.42 Å². The van der Waals surface area contributed by atoms with Crippen molar-refractivity contribution in [2.24, 2.45) is 0 Å². The van der Waals surface area contributed by atoms with E-state index in [1.165, 1.54) is 11.1 Å². The SMILES string of the molecule is Cc1ccc(-c2cc(-c3ccccc3)[o+]c(-c3ccccc3)c2-c2ccccc2)cc1. The molecule has 0 atom stereocenters. The molecule has 0 amide bonds. The summed E-state index contributed by atoms with van der Waals surface area (Å²) in [5, 5.41) is 0. The maximum absolute atomic E-state index is 6.62. The van der Waals surface area contributed by atoms with Gasteiger partial charge in [0.25, 0.3) is 0 Å². The Morgan fingerprint density at radius 2 is 1.00 bits per heavy atom. The van der Waals surface area contributed by atoms with E-state index in [0.717, 1.165) is 39.3 Å². The van der Waals surface area contributed by atoms with Gasteiger partial charge in [0.15, 0.2) is 0 Å². The van der Waals surface area contributed by atoms with Crippen molar-refractivity contribution in [3.8, 4) is 44.9 Å². The van der Waals surface area contributed by atoms with Gasteiger partial charge in [0, 0.05) is 5.56 Å². The molecule has 0 spiro atoms. The van der Waals surface area contributed by atoms with Crippen LogP contribution in [0.1, 0.15) is 5.56 Å². The van der Waals surface area contributed by atoms with Crippen LogP contribution in [0.5, 0.6) is 0 Å². The van der Waals surface area contributed by atoms with Crippen molar-refractivity contribution in [3.05, 3.63) is 127 Å². The number of benzene rings is 4. The normalized spacial score (nSPS) is 10.7. The molecule has 1 heterocycles. The lowest BCUT2D eigenvalue weighted by molar-refractivity contribution is 0.584. The van der Waals surface area contributed by atoms with Crippen LogP contribution in [-0.2, 0) is 0 Å². The molecule has 0 aliphatic carbocycles. The summed E-state index contributed by atoms with van der Waals surface area (Å²) in [6, 6.07) is 42.1. The zero-order chi connectivity index (χ0) is 21.0. The first kappa shape index (κ1) is 19.0. The third-order valence-corrected chi connectivity index (χ3v) is 5.50. The van der Waals surface area contributed by atoms with Crippen LogP contribution in [0.3, 0.4) is 0 Å². The first-order valence-electron chi connectivity index (χ1n) is 10.5. The van der Waals surface area contributed by atoms with Crippen molar-refractivity contribution in [2.45, 2.75) is 6.92 Å². The van der Waals surface area contributed by atoms with E-state index in [1.54, 1.807) is 0 Å². The summed E-state index contributed by atoms with van der Waals surface area (Å²) in [7, 11) is 0. The van der Waals surface area contributed by atoms with E-state index in [2.05, 4.69) is 97.9 Å². The maximum Gasteiger partial charge on any atom is 0.369 e. The van der Waals surface area contributed by atoms with Crippen LogP contribution in [-0.4, -0.2) is 0 Å². The molecule has 0 unspecified atom stereocenters.